The SMILES string of the molecule is CC1CN(C)CCCN1C(=O)C(C)(C)C(C)(C)N. The van der Waals surface area contributed by atoms with Gasteiger partial charge in [-0.3, -0.25) is 4.79 Å². The van der Waals surface area contributed by atoms with Crippen LogP contribution in [-0.4, -0.2) is 54.0 Å². The molecule has 4 nitrogen and oxygen atoms in total. The van der Waals surface area contributed by atoms with Gasteiger partial charge in [-0.25, -0.2) is 0 Å². The number of likely N-dealkylation sites (N-methyl/N-ethyl adjacent to an activating group) is 1. The van der Waals surface area contributed by atoms with E-state index in [0.717, 1.165) is 26.1 Å². The van der Waals surface area contributed by atoms with Crippen LogP contribution in [0.1, 0.15) is 41.0 Å². The molecule has 1 heterocycles. The summed E-state index contributed by atoms with van der Waals surface area (Å²) >= 11 is 0. The smallest absolute Gasteiger partial charge is 0.230 e. The Kier molecular flexibility index (Phi) is 4.44. The molecule has 0 spiro atoms. The van der Waals surface area contributed by atoms with E-state index >= 15 is 0 Å². The highest BCUT2D eigenvalue weighted by atomic mass is 16.2. The lowest BCUT2D eigenvalue weighted by molar-refractivity contribution is -0.145. The fourth-order valence-electron chi connectivity index (χ4n) is 2.31. The number of nitrogens with zero attached hydrogens (tertiary/aromatic N) is 2. The maximum atomic E-state index is 12.8. The van der Waals surface area contributed by atoms with Crippen LogP contribution in [0.3, 0.4) is 0 Å². The van der Waals surface area contributed by atoms with Crippen molar-refractivity contribution in [3.05, 3.63) is 0 Å². The monoisotopic (exact) mass is 255 g/mol. The molecule has 1 aliphatic heterocycles. The minimum absolute atomic E-state index is 0.179. The third kappa shape index (κ3) is 3.04. The molecule has 1 atom stereocenters. The number of carbonyl (C=O) groups excluding carboxylic acids is 1. The molecule has 1 aliphatic rings. The topological polar surface area (TPSA) is 49.6 Å². The lowest BCUT2D eigenvalue weighted by Gasteiger charge is -2.42. The summed E-state index contributed by atoms with van der Waals surface area (Å²) in [6, 6.07) is 0.256. The Hall–Kier alpha value is -0.610. The van der Waals surface area contributed by atoms with Crippen LogP contribution in [0, 0.1) is 5.41 Å². The van der Waals surface area contributed by atoms with Gasteiger partial charge in [-0.1, -0.05) is 0 Å². The van der Waals surface area contributed by atoms with Crippen molar-refractivity contribution in [3.63, 3.8) is 0 Å². The zero-order chi connectivity index (χ0) is 14.1. The van der Waals surface area contributed by atoms with Crippen molar-refractivity contribution in [2.24, 2.45) is 11.1 Å². The maximum absolute atomic E-state index is 12.8. The van der Waals surface area contributed by atoms with Crippen LogP contribution in [-0.2, 0) is 4.79 Å². The number of hydrogen-bond acceptors (Lipinski definition) is 3. The Morgan fingerprint density at radius 2 is 1.78 bits per heavy atom. The lowest BCUT2D eigenvalue weighted by Crippen LogP contribution is -2.58. The standard InChI is InChI=1S/C14H29N3O/c1-11-10-16(6)8-7-9-17(11)12(18)13(2,3)14(4,5)15/h11H,7-10,15H2,1-6H3. The summed E-state index contributed by atoms with van der Waals surface area (Å²) in [7, 11) is 2.11. The summed E-state index contributed by atoms with van der Waals surface area (Å²) < 4.78 is 0. The van der Waals surface area contributed by atoms with E-state index in [2.05, 4.69) is 18.9 Å². The van der Waals surface area contributed by atoms with Gasteiger partial charge in [0, 0.05) is 24.7 Å². The van der Waals surface area contributed by atoms with Gasteiger partial charge >= 0.3 is 0 Å². The van der Waals surface area contributed by atoms with Crippen LogP contribution < -0.4 is 5.73 Å². The summed E-state index contributed by atoms with van der Waals surface area (Å²) in [6.07, 6.45) is 1.04. The molecule has 18 heavy (non-hydrogen) atoms. The number of hydrogen-bond donors (Lipinski definition) is 1. The Labute approximate surface area is 111 Å². The van der Waals surface area contributed by atoms with Crippen LogP contribution in [0.15, 0.2) is 0 Å². The van der Waals surface area contributed by atoms with E-state index in [4.69, 9.17) is 5.73 Å². The Morgan fingerprint density at radius 3 is 2.28 bits per heavy atom. The van der Waals surface area contributed by atoms with E-state index in [0.29, 0.717) is 0 Å². The number of carbonyl (C=O) groups is 1. The molecule has 0 radical (unpaired) electrons. The van der Waals surface area contributed by atoms with Crippen molar-refractivity contribution in [3.8, 4) is 0 Å². The summed E-state index contributed by atoms with van der Waals surface area (Å²) in [4.78, 5) is 17.1. The molecule has 106 valence electrons. The highest BCUT2D eigenvalue weighted by molar-refractivity contribution is 5.83. The lowest BCUT2D eigenvalue weighted by atomic mass is 9.74. The van der Waals surface area contributed by atoms with Crippen LogP contribution >= 0.6 is 0 Å². The minimum atomic E-state index is -0.538. The van der Waals surface area contributed by atoms with Gasteiger partial charge in [0.25, 0.3) is 0 Å². The van der Waals surface area contributed by atoms with Gasteiger partial charge in [0.15, 0.2) is 0 Å². The van der Waals surface area contributed by atoms with Crippen LogP contribution in [0.25, 0.3) is 0 Å². The third-order valence-electron chi connectivity index (χ3n) is 4.45. The first-order valence-electron chi connectivity index (χ1n) is 6.86. The van der Waals surface area contributed by atoms with E-state index in [9.17, 15) is 4.79 Å². The van der Waals surface area contributed by atoms with Gasteiger partial charge in [0.05, 0.1) is 5.41 Å². The summed E-state index contributed by atoms with van der Waals surface area (Å²) in [5.41, 5.74) is 5.13. The average Bonchev–Trinajstić information content (AvgIpc) is 2.36. The Balaban J connectivity index is 2.89. The number of rotatable bonds is 2. The van der Waals surface area contributed by atoms with Crippen LogP contribution in [0.5, 0.6) is 0 Å². The fraction of sp³-hybridized carbons (Fsp3) is 0.929. The first-order valence-corrected chi connectivity index (χ1v) is 6.86. The van der Waals surface area contributed by atoms with Crippen molar-refractivity contribution in [2.45, 2.75) is 52.6 Å². The summed E-state index contributed by atoms with van der Waals surface area (Å²) in [5, 5.41) is 0. The largest absolute Gasteiger partial charge is 0.338 e. The third-order valence-corrected chi connectivity index (χ3v) is 4.45. The van der Waals surface area contributed by atoms with E-state index in [1.807, 2.05) is 32.6 Å². The van der Waals surface area contributed by atoms with Gasteiger partial charge in [0.2, 0.25) is 5.91 Å². The Morgan fingerprint density at radius 1 is 1.22 bits per heavy atom. The van der Waals surface area contributed by atoms with E-state index in [1.54, 1.807) is 0 Å². The molecule has 0 aromatic heterocycles. The van der Waals surface area contributed by atoms with E-state index in [-0.39, 0.29) is 11.9 Å². The molecule has 2 N–H and O–H groups in total. The van der Waals surface area contributed by atoms with Crippen molar-refractivity contribution in [1.29, 1.82) is 0 Å². The summed E-state index contributed by atoms with van der Waals surface area (Å²) in [6.45, 7) is 12.7. The van der Waals surface area contributed by atoms with Crippen molar-refractivity contribution in [2.75, 3.05) is 26.7 Å². The molecule has 1 saturated heterocycles. The van der Waals surface area contributed by atoms with Gasteiger partial charge in [-0.15, -0.1) is 0 Å². The minimum Gasteiger partial charge on any atom is -0.338 e. The second-order valence-corrected chi connectivity index (χ2v) is 6.81. The first-order chi connectivity index (χ1) is 8.07. The van der Waals surface area contributed by atoms with Gasteiger partial charge in [-0.2, -0.15) is 0 Å². The van der Waals surface area contributed by atoms with Crippen LogP contribution in [0.4, 0.5) is 0 Å². The molecule has 0 bridgehead atoms. The zero-order valence-corrected chi connectivity index (χ0v) is 12.8. The molecule has 1 rings (SSSR count). The molecular formula is C14H29N3O. The summed E-state index contributed by atoms with van der Waals surface area (Å²) in [5.74, 6) is 0.179. The second-order valence-electron chi connectivity index (χ2n) is 6.81. The first kappa shape index (κ1) is 15.4. The molecule has 4 heteroatoms. The average molecular weight is 255 g/mol. The molecule has 0 aliphatic carbocycles. The second kappa shape index (κ2) is 5.17. The predicted molar refractivity (Wildman–Crippen MR) is 75.3 cm³/mol. The Bertz CT molecular complexity index is 307. The zero-order valence-electron chi connectivity index (χ0n) is 12.8. The van der Waals surface area contributed by atoms with Crippen molar-refractivity contribution in [1.82, 2.24) is 9.80 Å². The van der Waals surface area contributed by atoms with Crippen molar-refractivity contribution >= 4 is 5.91 Å². The maximum Gasteiger partial charge on any atom is 0.230 e. The number of amides is 1. The quantitative estimate of drug-likeness (QED) is 0.809. The van der Waals surface area contributed by atoms with Gasteiger partial charge in [0.1, 0.15) is 0 Å². The highest BCUT2D eigenvalue weighted by Crippen LogP contribution is 2.31. The molecule has 0 aromatic rings. The predicted octanol–water partition coefficient (Wildman–Crippen LogP) is 1.30. The molecule has 1 unspecified atom stereocenters. The van der Waals surface area contributed by atoms with Gasteiger partial charge in [-0.05, 0) is 54.6 Å². The van der Waals surface area contributed by atoms with E-state index < -0.39 is 11.0 Å². The molecule has 1 amide bonds. The fourth-order valence-corrected chi connectivity index (χ4v) is 2.31. The van der Waals surface area contributed by atoms with Crippen LogP contribution in [0.2, 0.25) is 0 Å². The molecular weight excluding hydrogens is 226 g/mol. The normalized spacial score (nSPS) is 23.9. The highest BCUT2D eigenvalue weighted by Gasteiger charge is 2.44. The molecule has 0 saturated carbocycles. The molecule has 1 fully saturated rings. The molecule has 0 aromatic carbocycles. The van der Waals surface area contributed by atoms with E-state index in [1.165, 1.54) is 0 Å². The van der Waals surface area contributed by atoms with Gasteiger partial charge < -0.3 is 15.5 Å². The van der Waals surface area contributed by atoms with Crippen molar-refractivity contribution < 1.29 is 4.79 Å². The number of nitrogens with two attached hydrogens (primary N) is 1.